The second kappa shape index (κ2) is 4.88. The van der Waals surface area contributed by atoms with Crippen LogP contribution in [0.1, 0.15) is 25.3 Å². The van der Waals surface area contributed by atoms with Crippen molar-refractivity contribution in [2.75, 3.05) is 0 Å². The van der Waals surface area contributed by atoms with Gasteiger partial charge in [0.15, 0.2) is 0 Å². The summed E-state index contributed by atoms with van der Waals surface area (Å²) in [4.78, 5) is 11.7. The minimum atomic E-state index is 0.0625. The first-order valence-electron chi connectivity index (χ1n) is 5.69. The Labute approximate surface area is 101 Å². The Morgan fingerprint density at radius 2 is 2.19 bits per heavy atom. The zero-order chi connectivity index (χ0) is 11.5. The van der Waals surface area contributed by atoms with Crippen molar-refractivity contribution in [3.05, 3.63) is 34.9 Å². The average molecular weight is 238 g/mol. The SMILES string of the molecule is CC(NC(=O)Cc1ccccc1Cl)C1CC1. The second-order valence-electron chi connectivity index (χ2n) is 4.46. The minimum Gasteiger partial charge on any atom is -0.353 e. The lowest BCUT2D eigenvalue weighted by atomic mass is 10.1. The van der Waals surface area contributed by atoms with Gasteiger partial charge in [-0.15, -0.1) is 0 Å². The highest BCUT2D eigenvalue weighted by molar-refractivity contribution is 6.31. The highest BCUT2D eigenvalue weighted by atomic mass is 35.5. The van der Waals surface area contributed by atoms with E-state index in [1.807, 2.05) is 24.3 Å². The molecular formula is C13H16ClNO. The maximum atomic E-state index is 11.7. The van der Waals surface area contributed by atoms with E-state index in [4.69, 9.17) is 11.6 Å². The average Bonchev–Trinajstić information content (AvgIpc) is 3.04. The van der Waals surface area contributed by atoms with Crippen LogP contribution in [0.4, 0.5) is 0 Å². The van der Waals surface area contributed by atoms with Crippen molar-refractivity contribution in [3.63, 3.8) is 0 Å². The van der Waals surface area contributed by atoms with Gasteiger partial charge >= 0.3 is 0 Å². The topological polar surface area (TPSA) is 29.1 Å². The summed E-state index contributed by atoms with van der Waals surface area (Å²) in [6.45, 7) is 2.07. The molecule has 1 atom stereocenters. The molecule has 0 heterocycles. The van der Waals surface area contributed by atoms with Crippen LogP contribution in [0.25, 0.3) is 0 Å². The predicted octanol–water partition coefficient (Wildman–Crippen LogP) is 2.80. The van der Waals surface area contributed by atoms with Gasteiger partial charge in [0.25, 0.3) is 0 Å². The van der Waals surface area contributed by atoms with Gasteiger partial charge in [-0.05, 0) is 37.3 Å². The Kier molecular flexibility index (Phi) is 3.49. The van der Waals surface area contributed by atoms with Gasteiger partial charge in [-0.3, -0.25) is 4.79 Å². The fraction of sp³-hybridized carbons (Fsp3) is 0.462. The molecule has 0 saturated heterocycles. The van der Waals surface area contributed by atoms with E-state index in [1.165, 1.54) is 12.8 Å². The van der Waals surface area contributed by atoms with Crippen LogP contribution >= 0.6 is 11.6 Å². The summed E-state index contributed by atoms with van der Waals surface area (Å²) < 4.78 is 0. The van der Waals surface area contributed by atoms with Gasteiger partial charge in [-0.25, -0.2) is 0 Å². The van der Waals surface area contributed by atoms with Gasteiger partial charge in [-0.1, -0.05) is 29.8 Å². The third-order valence-corrected chi connectivity index (χ3v) is 3.40. The molecule has 1 aliphatic rings. The van der Waals surface area contributed by atoms with Crippen LogP contribution in [0.3, 0.4) is 0 Å². The molecule has 1 saturated carbocycles. The normalized spacial score (nSPS) is 16.9. The van der Waals surface area contributed by atoms with Crippen LogP contribution in [0.2, 0.25) is 5.02 Å². The van der Waals surface area contributed by atoms with E-state index in [-0.39, 0.29) is 5.91 Å². The molecule has 0 radical (unpaired) electrons. The summed E-state index contributed by atoms with van der Waals surface area (Å²) in [7, 11) is 0. The molecule has 2 nitrogen and oxygen atoms in total. The molecule has 0 aliphatic heterocycles. The van der Waals surface area contributed by atoms with Crippen LogP contribution in [0.15, 0.2) is 24.3 Å². The minimum absolute atomic E-state index is 0.0625. The lowest BCUT2D eigenvalue weighted by Crippen LogP contribution is -2.35. The second-order valence-corrected chi connectivity index (χ2v) is 4.87. The first-order valence-corrected chi connectivity index (χ1v) is 6.07. The molecule has 16 heavy (non-hydrogen) atoms. The number of hydrogen-bond donors (Lipinski definition) is 1. The monoisotopic (exact) mass is 237 g/mol. The van der Waals surface area contributed by atoms with Crippen molar-refractivity contribution in [2.45, 2.75) is 32.2 Å². The number of amides is 1. The van der Waals surface area contributed by atoms with Gasteiger partial charge in [-0.2, -0.15) is 0 Å². The van der Waals surface area contributed by atoms with E-state index in [0.717, 1.165) is 5.56 Å². The summed E-state index contributed by atoms with van der Waals surface area (Å²) in [5.41, 5.74) is 0.893. The molecule has 1 N–H and O–H groups in total. The van der Waals surface area contributed by atoms with E-state index in [1.54, 1.807) is 0 Å². The van der Waals surface area contributed by atoms with Crippen LogP contribution in [0.5, 0.6) is 0 Å². The lowest BCUT2D eigenvalue weighted by Gasteiger charge is -2.13. The fourth-order valence-electron chi connectivity index (χ4n) is 1.83. The predicted molar refractivity (Wildman–Crippen MR) is 65.5 cm³/mol. The summed E-state index contributed by atoms with van der Waals surface area (Å²) in [5, 5.41) is 3.68. The van der Waals surface area contributed by atoms with E-state index in [2.05, 4.69) is 12.2 Å². The molecule has 2 rings (SSSR count). The van der Waals surface area contributed by atoms with Crippen molar-refractivity contribution in [3.8, 4) is 0 Å². The summed E-state index contributed by atoms with van der Waals surface area (Å²) in [6.07, 6.45) is 2.86. The van der Waals surface area contributed by atoms with Gasteiger partial charge < -0.3 is 5.32 Å². The lowest BCUT2D eigenvalue weighted by molar-refractivity contribution is -0.121. The first-order chi connectivity index (χ1) is 7.66. The molecule has 1 amide bonds. The van der Waals surface area contributed by atoms with Crippen molar-refractivity contribution >= 4 is 17.5 Å². The van der Waals surface area contributed by atoms with Crippen molar-refractivity contribution in [2.24, 2.45) is 5.92 Å². The zero-order valence-electron chi connectivity index (χ0n) is 9.37. The van der Waals surface area contributed by atoms with Crippen LogP contribution in [0, 0.1) is 5.92 Å². The van der Waals surface area contributed by atoms with E-state index >= 15 is 0 Å². The molecule has 1 unspecified atom stereocenters. The van der Waals surface area contributed by atoms with Crippen molar-refractivity contribution < 1.29 is 4.79 Å². The van der Waals surface area contributed by atoms with Crippen LogP contribution in [-0.4, -0.2) is 11.9 Å². The molecule has 1 aromatic carbocycles. The number of benzene rings is 1. The summed E-state index contributed by atoms with van der Waals surface area (Å²) in [6, 6.07) is 7.78. The molecule has 86 valence electrons. The summed E-state index contributed by atoms with van der Waals surface area (Å²) >= 11 is 6.00. The van der Waals surface area contributed by atoms with E-state index < -0.39 is 0 Å². The Morgan fingerprint density at radius 1 is 1.50 bits per heavy atom. The number of carbonyl (C=O) groups is 1. The van der Waals surface area contributed by atoms with Gasteiger partial charge in [0.1, 0.15) is 0 Å². The molecule has 1 aromatic rings. The Hall–Kier alpha value is -1.02. The van der Waals surface area contributed by atoms with Crippen molar-refractivity contribution in [1.82, 2.24) is 5.32 Å². The molecule has 1 fully saturated rings. The number of halogens is 1. The molecule has 0 bridgehead atoms. The third-order valence-electron chi connectivity index (χ3n) is 3.03. The maximum Gasteiger partial charge on any atom is 0.224 e. The quantitative estimate of drug-likeness (QED) is 0.857. The molecule has 0 spiro atoms. The van der Waals surface area contributed by atoms with Gasteiger partial charge in [0.05, 0.1) is 6.42 Å². The van der Waals surface area contributed by atoms with Crippen LogP contribution in [-0.2, 0) is 11.2 Å². The number of rotatable bonds is 4. The molecular weight excluding hydrogens is 222 g/mol. The first kappa shape index (κ1) is 11.5. The smallest absolute Gasteiger partial charge is 0.224 e. The van der Waals surface area contributed by atoms with Gasteiger partial charge in [0, 0.05) is 11.1 Å². The third kappa shape index (κ3) is 2.99. The Morgan fingerprint density at radius 3 is 2.81 bits per heavy atom. The van der Waals surface area contributed by atoms with E-state index in [9.17, 15) is 4.79 Å². The highest BCUT2D eigenvalue weighted by Crippen LogP contribution is 2.32. The fourth-order valence-corrected chi connectivity index (χ4v) is 2.04. The Bertz CT molecular complexity index is 387. The van der Waals surface area contributed by atoms with E-state index in [0.29, 0.717) is 23.4 Å². The van der Waals surface area contributed by atoms with Crippen molar-refractivity contribution in [1.29, 1.82) is 0 Å². The molecule has 3 heteroatoms. The molecule has 1 aliphatic carbocycles. The highest BCUT2D eigenvalue weighted by Gasteiger charge is 2.28. The van der Waals surface area contributed by atoms with Crippen LogP contribution < -0.4 is 5.32 Å². The molecule has 0 aromatic heterocycles. The summed E-state index contributed by atoms with van der Waals surface area (Å²) in [5.74, 6) is 0.752. The maximum absolute atomic E-state index is 11.7. The largest absolute Gasteiger partial charge is 0.353 e. The zero-order valence-corrected chi connectivity index (χ0v) is 10.1. The number of hydrogen-bond acceptors (Lipinski definition) is 1. The number of carbonyl (C=O) groups excluding carboxylic acids is 1. The Balaban J connectivity index is 1.89. The standard InChI is InChI=1S/C13H16ClNO/c1-9(10-6-7-10)15-13(16)8-11-4-2-3-5-12(11)14/h2-5,9-10H,6-8H2,1H3,(H,15,16). The van der Waals surface area contributed by atoms with Gasteiger partial charge in [0.2, 0.25) is 5.91 Å². The number of nitrogens with one attached hydrogen (secondary N) is 1.